The van der Waals surface area contributed by atoms with Gasteiger partial charge in [-0.2, -0.15) is 0 Å². The van der Waals surface area contributed by atoms with Crippen LogP contribution >= 0.6 is 0 Å². The van der Waals surface area contributed by atoms with Gasteiger partial charge in [-0.25, -0.2) is 4.99 Å². The zero-order valence-electron chi connectivity index (χ0n) is 27.6. The van der Waals surface area contributed by atoms with E-state index in [1.807, 2.05) is 0 Å². The predicted octanol–water partition coefficient (Wildman–Crippen LogP) is 11.9. The van der Waals surface area contributed by atoms with Crippen LogP contribution < -0.4 is 4.90 Å². The second kappa shape index (κ2) is 12.5. The molecule has 48 heavy (non-hydrogen) atoms. The lowest BCUT2D eigenvalue weighted by Crippen LogP contribution is -2.27. The molecule has 232 valence electrons. The Morgan fingerprint density at radius 1 is 0.667 bits per heavy atom. The van der Waals surface area contributed by atoms with E-state index in [1.165, 1.54) is 54.9 Å². The fraction of sp³-hybridized carbons (Fsp3) is 0.109. The molecule has 2 atom stereocenters. The summed E-state index contributed by atoms with van der Waals surface area (Å²) in [6.07, 6.45) is 9.28. The summed E-state index contributed by atoms with van der Waals surface area (Å²) >= 11 is 0. The van der Waals surface area contributed by atoms with Gasteiger partial charge in [0.15, 0.2) is 0 Å². The van der Waals surface area contributed by atoms with Gasteiger partial charge in [-0.05, 0) is 112 Å². The minimum Gasteiger partial charge on any atom is -0.295 e. The van der Waals surface area contributed by atoms with Gasteiger partial charge < -0.3 is 0 Å². The second-order valence-corrected chi connectivity index (χ2v) is 12.9. The van der Waals surface area contributed by atoms with Gasteiger partial charge in [0.25, 0.3) is 0 Å². The molecular weight excluding hydrogens is 581 g/mol. The zero-order chi connectivity index (χ0) is 32.6. The molecule has 0 heterocycles. The summed E-state index contributed by atoms with van der Waals surface area (Å²) < 4.78 is 0. The first-order valence-electron chi connectivity index (χ1n) is 16.8. The Bertz CT molecular complexity index is 2330. The molecule has 0 fully saturated rings. The third kappa shape index (κ3) is 5.30. The van der Waals surface area contributed by atoms with Crippen molar-refractivity contribution in [2.45, 2.75) is 26.7 Å². The van der Waals surface area contributed by atoms with Crippen molar-refractivity contribution in [3.05, 3.63) is 203 Å². The van der Waals surface area contributed by atoms with Gasteiger partial charge in [0.05, 0.1) is 0 Å². The molecule has 2 aliphatic carbocycles. The monoisotopic (exact) mass is 618 g/mol. The summed E-state index contributed by atoms with van der Waals surface area (Å²) in [6, 6.07) is 50.9. The van der Waals surface area contributed by atoms with E-state index in [1.54, 1.807) is 0 Å². The van der Waals surface area contributed by atoms with Crippen LogP contribution in [0, 0.1) is 5.92 Å². The summed E-state index contributed by atoms with van der Waals surface area (Å²) in [4.78, 5) is 7.29. The smallest absolute Gasteiger partial charge is 0.133 e. The molecule has 0 spiro atoms. The van der Waals surface area contributed by atoms with Gasteiger partial charge in [0, 0.05) is 28.9 Å². The minimum atomic E-state index is 0.148. The van der Waals surface area contributed by atoms with Gasteiger partial charge >= 0.3 is 0 Å². The van der Waals surface area contributed by atoms with Gasteiger partial charge in [0.1, 0.15) is 5.82 Å². The molecule has 0 aliphatic heterocycles. The number of fused-ring (bicyclic) bond motifs is 4. The molecule has 0 N–H and O–H groups in total. The van der Waals surface area contributed by atoms with E-state index in [0.717, 1.165) is 22.9 Å². The molecule has 0 saturated carbocycles. The topological polar surface area (TPSA) is 15.6 Å². The number of allylic oxidation sites excluding steroid dienone is 5. The van der Waals surface area contributed by atoms with Crippen LogP contribution in [0.5, 0.6) is 0 Å². The van der Waals surface area contributed by atoms with Crippen LogP contribution in [0.15, 0.2) is 186 Å². The number of para-hydroxylation sites is 1. The first kappa shape index (κ1) is 29.7. The van der Waals surface area contributed by atoms with E-state index in [9.17, 15) is 0 Å². The molecule has 2 heteroatoms. The van der Waals surface area contributed by atoms with Crippen LogP contribution in [0.1, 0.15) is 48.9 Å². The van der Waals surface area contributed by atoms with Crippen molar-refractivity contribution < 1.29 is 0 Å². The zero-order valence-corrected chi connectivity index (χ0v) is 27.6. The first-order valence-corrected chi connectivity index (χ1v) is 16.8. The maximum Gasteiger partial charge on any atom is 0.133 e. The molecule has 2 aliphatic rings. The van der Waals surface area contributed by atoms with Crippen molar-refractivity contribution >= 4 is 38.5 Å². The molecule has 0 bridgehead atoms. The molecule has 6 aromatic carbocycles. The number of hydrogen-bond acceptors (Lipinski definition) is 2. The van der Waals surface area contributed by atoms with Crippen molar-refractivity contribution in [2.24, 2.45) is 10.9 Å². The van der Waals surface area contributed by atoms with E-state index in [2.05, 4.69) is 190 Å². The van der Waals surface area contributed by atoms with Gasteiger partial charge in [-0.15, -0.1) is 0 Å². The third-order valence-corrected chi connectivity index (χ3v) is 9.62. The normalized spacial score (nSPS) is 17.1. The van der Waals surface area contributed by atoms with Crippen LogP contribution in [0.2, 0.25) is 0 Å². The van der Waals surface area contributed by atoms with Crippen molar-refractivity contribution in [1.29, 1.82) is 0 Å². The van der Waals surface area contributed by atoms with E-state index < -0.39 is 0 Å². The highest BCUT2D eigenvalue weighted by molar-refractivity contribution is 5.94. The summed E-state index contributed by atoms with van der Waals surface area (Å²) in [5.74, 6) is 1.22. The lowest BCUT2D eigenvalue weighted by atomic mass is 9.66. The maximum atomic E-state index is 5.00. The largest absolute Gasteiger partial charge is 0.295 e. The number of benzene rings is 6. The quantitative estimate of drug-likeness (QED) is 0.170. The highest BCUT2D eigenvalue weighted by Crippen LogP contribution is 2.51. The summed E-state index contributed by atoms with van der Waals surface area (Å²) in [7, 11) is 0. The van der Waals surface area contributed by atoms with Crippen molar-refractivity contribution in [2.75, 3.05) is 4.90 Å². The van der Waals surface area contributed by atoms with Crippen LogP contribution in [0.25, 0.3) is 27.1 Å². The van der Waals surface area contributed by atoms with E-state index in [-0.39, 0.29) is 11.8 Å². The Morgan fingerprint density at radius 2 is 1.31 bits per heavy atom. The molecule has 0 saturated heterocycles. The maximum absolute atomic E-state index is 5.00. The molecule has 8 rings (SSSR count). The number of hydrogen-bond donors (Lipinski definition) is 0. The predicted molar refractivity (Wildman–Crippen MR) is 204 cm³/mol. The summed E-state index contributed by atoms with van der Waals surface area (Å²) in [6.45, 7) is 6.18. The van der Waals surface area contributed by atoms with Crippen LogP contribution in [0.4, 0.5) is 5.69 Å². The van der Waals surface area contributed by atoms with Gasteiger partial charge in [-0.3, -0.25) is 4.90 Å². The Hall–Kier alpha value is -5.73. The second-order valence-electron chi connectivity index (χ2n) is 12.9. The number of nitrogens with zero attached hydrogens (tertiary/aromatic N) is 2. The Kier molecular flexibility index (Phi) is 7.70. The van der Waals surface area contributed by atoms with Crippen molar-refractivity contribution in [3.8, 4) is 0 Å². The average Bonchev–Trinajstić information content (AvgIpc) is 3.13. The highest BCUT2D eigenvalue weighted by Gasteiger charge is 2.37. The van der Waals surface area contributed by atoms with Crippen LogP contribution in [-0.2, 0) is 0 Å². The van der Waals surface area contributed by atoms with Crippen molar-refractivity contribution in [3.63, 3.8) is 0 Å². The lowest BCUT2D eigenvalue weighted by molar-refractivity contribution is 0.646. The van der Waals surface area contributed by atoms with E-state index >= 15 is 0 Å². The van der Waals surface area contributed by atoms with Crippen LogP contribution in [-0.4, -0.2) is 5.71 Å². The Balaban J connectivity index is 1.40. The van der Waals surface area contributed by atoms with Gasteiger partial charge in [-0.1, -0.05) is 127 Å². The number of anilines is 1. The third-order valence-electron chi connectivity index (χ3n) is 9.62. The van der Waals surface area contributed by atoms with E-state index in [0.29, 0.717) is 0 Å². The molecule has 0 amide bonds. The molecule has 0 radical (unpaired) electrons. The number of rotatable bonds is 6. The van der Waals surface area contributed by atoms with E-state index in [4.69, 9.17) is 4.99 Å². The summed E-state index contributed by atoms with van der Waals surface area (Å²) in [5.41, 5.74) is 11.1. The standard InChI is InChI=1S/C46H38N2/c1-4-44(47-31(2)3)48(38-18-6-5-7-19-38)39-26-27-42-43(30-39)46(37-25-23-33-15-9-11-17-35(33)29-37)41-21-13-12-20-40(41)45(42)36-24-22-32-14-8-10-16-34(32)28-36/h4-30,42,45H,1-3H3/b44-4+. The molecular formula is C46H38N2. The van der Waals surface area contributed by atoms with Gasteiger partial charge in [0.2, 0.25) is 0 Å². The molecule has 2 unspecified atom stereocenters. The minimum absolute atomic E-state index is 0.148. The first-order chi connectivity index (χ1) is 23.6. The average molecular weight is 619 g/mol. The molecule has 2 nitrogen and oxygen atoms in total. The SMILES string of the molecule is C/C=C(\N=C(C)C)N(C1=CC2=C(c3ccc4ccccc4c3)c3ccccc3C(c3ccc4ccccc4c3)C2C=C1)c1ccccc1. The molecule has 6 aromatic rings. The highest BCUT2D eigenvalue weighted by atomic mass is 15.2. The van der Waals surface area contributed by atoms with Crippen LogP contribution in [0.3, 0.4) is 0 Å². The molecule has 0 aromatic heterocycles. The number of aliphatic imine (C=N–C) groups is 1. The van der Waals surface area contributed by atoms with Crippen molar-refractivity contribution in [1.82, 2.24) is 0 Å². The summed E-state index contributed by atoms with van der Waals surface area (Å²) in [5, 5.41) is 5.04. The Labute approximate surface area is 283 Å². The fourth-order valence-electron chi connectivity index (χ4n) is 7.54. The Morgan fingerprint density at radius 3 is 2.04 bits per heavy atom. The fourth-order valence-corrected chi connectivity index (χ4v) is 7.54. The lowest BCUT2D eigenvalue weighted by Gasteiger charge is -2.39.